The highest BCUT2D eigenvalue weighted by atomic mass is 35.5. The van der Waals surface area contributed by atoms with Crippen molar-refractivity contribution in [2.45, 2.75) is 26.6 Å². The van der Waals surface area contributed by atoms with Crippen molar-refractivity contribution in [3.05, 3.63) is 107 Å². The summed E-state index contributed by atoms with van der Waals surface area (Å²) < 4.78 is 7.80. The Morgan fingerprint density at radius 3 is 2.55 bits per heavy atom. The van der Waals surface area contributed by atoms with Crippen LogP contribution in [0.2, 0.25) is 5.02 Å². The molecule has 0 saturated carbocycles. The van der Waals surface area contributed by atoms with Crippen LogP contribution in [-0.2, 0) is 19.7 Å². The predicted molar refractivity (Wildman–Crippen MR) is 127 cm³/mol. The third kappa shape index (κ3) is 5.70. The molecule has 2 heterocycles. The number of rotatable bonds is 8. The molecule has 7 nitrogen and oxygen atoms in total. The molecule has 8 heteroatoms. The molecule has 4 rings (SSSR count). The van der Waals surface area contributed by atoms with Crippen molar-refractivity contribution in [2.24, 2.45) is 0 Å². The fraction of sp³-hybridized carbons (Fsp3) is 0.160. The van der Waals surface area contributed by atoms with Gasteiger partial charge in [0.25, 0.3) is 0 Å². The Morgan fingerprint density at radius 2 is 1.82 bits per heavy atom. The van der Waals surface area contributed by atoms with Crippen molar-refractivity contribution in [1.29, 1.82) is 0 Å². The molecule has 0 radical (unpaired) electrons. The Bertz CT molecular complexity index is 1230. The molecular formula is C25H23ClN4O3. The summed E-state index contributed by atoms with van der Waals surface area (Å²) in [6, 6.07) is 20.7. The largest absolute Gasteiger partial charge is 0.489 e. The van der Waals surface area contributed by atoms with Crippen LogP contribution in [0.15, 0.2) is 79.1 Å². The normalized spacial score (nSPS) is 10.7. The molecule has 2 aromatic heterocycles. The van der Waals surface area contributed by atoms with E-state index < -0.39 is 6.09 Å². The Balaban J connectivity index is 1.56. The molecule has 33 heavy (non-hydrogen) atoms. The number of nitrogens with zero attached hydrogens (tertiary/aromatic N) is 4. The van der Waals surface area contributed by atoms with Crippen molar-refractivity contribution >= 4 is 23.5 Å². The van der Waals surface area contributed by atoms with Gasteiger partial charge in [-0.25, -0.2) is 4.79 Å². The number of amides is 1. The Hall–Kier alpha value is -3.84. The minimum absolute atomic E-state index is 0.177. The van der Waals surface area contributed by atoms with E-state index in [1.54, 1.807) is 41.3 Å². The highest BCUT2D eigenvalue weighted by Crippen LogP contribution is 2.26. The molecular weight excluding hydrogens is 440 g/mol. The summed E-state index contributed by atoms with van der Waals surface area (Å²) in [5, 5.41) is 14.9. The molecule has 0 spiro atoms. The zero-order valence-electron chi connectivity index (χ0n) is 18.1. The van der Waals surface area contributed by atoms with Crippen LogP contribution in [0.1, 0.15) is 22.4 Å². The summed E-state index contributed by atoms with van der Waals surface area (Å²) in [4.78, 5) is 17.1. The molecule has 1 N–H and O–H groups in total. The second kappa shape index (κ2) is 10.2. The van der Waals surface area contributed by atoms with Crippen LogP contribution in [0.4, 0.5) is 10.6 Å². The van der Waals surface area contributed by atoms with E-state index in [9.17, 15) is 9.90 Å². The Labute approximate surface area is 196 Å². The molecule has 0 bridgehead atoms. The third-order valence-electron chi connectivity index (χ3n) is 5.15. The van der Waals surface area contributed by atoms with Crippen LogP contribution >= 0.6 is 11.6 Å². The summed E-state index contributed by atoms with van der Waals surface area (Å²) in [5.41, 5.74) is 3.56. The molecule has 168 valence electrons. The van der Waals surface area contributed by atoms with Gasteiger partial charge >= 0.3 is 6.09 Å². The van der Waals surface area contributed by atoms with Gasteiger partial charge in [-0.2, -0.15) is 5.10 Å². The number of halogens is 1. The topological polar surface area (TPSA) is 80.5 Å². The summed E-state index contributed by atoms with van der Waals surface area (Å²) >= 11 is 6.25. The van der Waals surface area contributed by atoms with Gasteiger partial charge in [-0.3, -0.25) is 14.6 Å². The van der Waals surface area contributed by atoms with Crippen LogP contribution < -0.4 is 9.64 Å². The van der Waals surface area contributed by atoms with Gasteiger partial charge in [0.1, 0.15) is 12.4 Å². The first-order chi connectivity index (χ1) is 16.0. The number of carboxylic acid groups (broad SMARTS) is 1. The quantitative estimate of drug-likeness (QED) is 0.371. The van der Waals surface area contributed by atoms with Crippen molar-refractivity contribution in [2.75, 3.05) is 4.90 Å². The summed E-state index contributed by atoms with van der Waals surface area (Å²) in [6.45, 7) is 2.88. The van der Waals surface area contributed by atoms with E-state index in [0.717, 1.165) is 22.4 Å². The zero-order valence-corrected chi connectivity index (χ0v) is 18.8. The van der Waals surface area contributed by atoms with E-state index in [1.807, 2.05) is 49.4 Å². The minimum atomic E-state index is -1.08. The maximum absolute atomic E-state index is 11.9. The van der Waals surface area contributed by atoms with E-state index in [0.29, 0.717) is 29.7 Å². The van der Waals surface area contributed by atoms with Gasteiger partial charge in [0.2, 0.25) is 0 Å². The fourth-order valence-corrected chi connectivity index (χ4v) is 3.61. The molecule has 0 aliphatic rings. The van der Waals surface area contributed by atoms with Crippen molar-refractivity contribution in [3.63, 3.8) is 0 Å². The average Bonchev–Trinajstić information content (AvgIpc) is 3.17. The molecule has 0 fully saturated rings. The standard InChI is InChI=1S/C25H23ClN4O3/c1-18-13-24(29(25(31)32)15-19-9-11-27-12-10-19)28-30(18)16-21-14-22(26)7-8-23(21)33-17-20-5-3-2-4-6-20/h2-14H,15-17H2,1H3,(H,31,32). The number of anilines is 1. The summed E-state index contributed by atoms with van der Waals surface area (Å²) in [6.07, 6.45) is 2.19. The molecule has 0 unspecified atom stereocenters. The van der Waals surface area contributed by atoms with Gasteiger partial charge < -0.3 is 9.84 Å². The molecule has 0 aliphatic carbocycles. The first-order valence-electron chi connectivity index (χ1n) is 10.4. The van der Waals surface area contributed by atoms with Crippen LogP contribution in [-0.4, -0.2) is 26.0 Å². The lowest BCUT2D eigenvalue weighted by Gasteiger charge is -2.16. The molecule has 2 aromatic carbocycles. The maximum atomic E-state index is 11.9. The number of carbonyl (C=O) groups is 1. The Kier molecular flexibility index (Phi) is 6.90. The third-order valence-corrected chi connectivity index (χ3v) is 5.38. The monoisotopic (exact) mass is 462 g/mol. The van der Waals surface area contributed by atoms with E-state index in [4.69, 9.17) is 16.3 Å². The maximum Gasteiger partial charge on any atom is 0.413 e. The number of ether oxygens (including phenoxy) is 1. The molecule has 4 aromatic rings. The number of pyridine rings is 1. The number of aryl methyl sites for hydroxylation is 1. The average molecular weight is 463 g/mol. The molecule has 0 saturated heterocycles. The van der Waals surface area contributed by atoms with E-state index in [1.165, 1.54) is 4.90 Å². The van der Waals surface area contributed by atoms with Crippen LogP contribution in [0, 0.1) is 6.92 Å². The molecule has 1 amide bonds. The zero-order chi connectivity index (χ0) is 23.2. The van der Waals surface area contributed by atoms with Crippen molar-refractivity contribution in [1.82, 2.24) is 14.8 Å². The van der Waals surface area contributed by atoms with Crippen molar-refractivity contribution in [3.8, 4) is 5.75 Å². The lowest BCUT2D eigenvalue weighted by atomic mass is 10.2. The van der Waals surface area contributed by atoms with Gasteiger partial charge in [0.15, 0.2) is 5.82 Å². The fourth-order valence-electron chi connectivity index (χ4n) is 3.41. The Morgan fingerprint density at radius 1 is 1.06 bits per heavy atom. The van der Waals surface area contributed by atoms with Gasteiger partial charge in [-0.15, -0.1) is 0 Å². The van der Waals surface area contributed by atoms with Crippen LogP contribution in [0.5, 0.6) is 5.75 Å². The second-order valence-electron chi connectivity index (χ2n) is 7.55. The number of hydrogen-bond acceptors (Lipinski definition) is 4. The van der Waals surface area contributed by atoms with Gasteiger partial charge in [0, 0.05) is 34.7 Å². The number of benzene rings is 2. The number of hydrogen-bond donors (Lipinski definition) is 1. The van der Waals surface area contributed by atoms with Crippen LogP contribution in [0.3, 0.4) is 0 Å². The first kappa shape index (κ1) is 22.4. The van der Waals surface area contributed by atoms with Gasteiger partial charge in [-0.05, 0) is 48.4 Å². The lowest BCUT2D eigenvalue weighted by molar-refractivity contribution is 0.201. The SMILES string of the molecule is Cc1cc(N(Cc2ccncc2)C(=O)O)nn1Cc1cc(Cl)ccc1OCc1ccccc1. The van der Waals surface area contributed by atoms with E-state index in [-0.39, 0.29) is 6.54 Å². The van der Waals surface area contributed by atoms with E-state index in [2.05, 4.69) is 10.1 Å². The molecule has 0 aliphatic heterocycles. The van der Waals surface area contributed by atoms with Crippen molar-refractivity contribution < 1.29 is 14.6 Å². The van der Waals surface area contributed by atoms with E-state index >= 15 is 0 Å². The molecule has 0 atom stereocenters. The summed E-state index contributed by atoms with van der Waals surface area (Å²) in [7, 11) is 0. The first-order valence-corrected chi connectivity index (χ1v) is 10.8. The number of aromatic nitrogens is 3. The second-order valence-corrected chi connectivity index (χ2v) is 7.99. The van der Waals surface area contributed by atoms with Gasteiger partial charge in [-0.1, -0.05) is 41.9 Å². The summed E-state index contributed by atoms with van der Waals surface area (Å²) in [5.74, 6) is 1.05. The predicted octanol–water partition coefficient (Wildman–Crippen LogP) is 5.55. The minimum Gasteiger partial charge on any atom is -0.489 e. The highest BCUT2D eigenvalue weighted by molar-refractivity contribution is 6.30. The van der Waals surface area contributed by atoms with Gasteiger partial charge in [0.05, 0.1) is 13.1 Å². The highest BCUT2D eigenvalue weighted by Gasteiger charge is 2.20. The lowest BCUT2D eigenvalue weighted by Crippen LogP contribution is -2.29. The van der Waals surface area contributed by atoms with Crippen LogP contribution in [0.25, 0.3) is 0 Å². The smallest absolute Gasteiger partial charge is 0.413 e.